The maximum atomic E-state index is 12.3. The van der Waals surface area contributed by atoms with Gasteiger partial charge in [-0.05, 0) is 36.8 Å². The third kappa shape index (κ3) is 4.76. The number of Topliss-reactive ketones (excluding diaryl/α,β-unsaturated/α-hetero) is 1. The fourth-order valence-electron chi connectivity index (χ4n) is 2.56. The minimum atomic E-state index is -0.303. The zero-order chi connectivity index (χ0) is 19.2. The van der Waals surface area contributed by atoms with Crippen molar-refractivity contribution >= 4 is 23.3 Å². The van der Waals surface area contributed by atoms with Crippen molar-refractivity contribution in [1.82, 2.24) is 9.97 Å². The summed E-state index contributed by atoms with van der Waals surface area (Å²) >= 11 is 0. The van der Waals surface area contributed by atoms with E-state index in [0.717, 1.165) is 5.56 Å². The molecule has 0 fully saturated rings. The molecule has 6 heteroatoms. The minimum Gasteiger partial charge on any atom is -0.340 e. The van der Waals surface area contributed by atoms with Gasteiger partial charge in [-0.2, -0.15) is 0 Å². The summed E-state index contributed by atoms with van der Waals surface area (Å²) in [5, 5.41) is 2.77. The molecule has 6 nitrogen and oxygen atoms in total. The van der Waals surface area contributed by atoms with E-state index in [1.807, 2.05) is 42.3 Å². The summed E-state index contributed by atoms with van der Waals surface area (Å²) in [5.41, 5.74) is 2.72. The Hall–Kier alpha value is -3.54. The third-order valence-corrected chi connectivity index (χ3v) is 4.05. The van der Waals surface area contributed by atoms with Crippen LogP contribution in [-0.4, -0.2) is 28.7 Å². The first-order valence-electron chi connectivity index (χ1n) is 8.52. The van der Waals surface area contributed by atoms with Crippen LogP contribution in [-0.2, 0) is 6.54 Å². The lowest BCUT2D eigenvalue weighted by Crippen LogP contribution is -2.20. The molecule has 0 radical (unpaired) electrons. The zero-order valence-electron chi connectivity index (χ0n) is 15.2. The number of carbonyl (C=O) groups excluding carboxylic acids is 2. The van der Waals surface area contributed by atoms with Crippen LogP contribution < -0.4 is 10.2 Å². The molecular weight excluding hydrogens is 340 g/mol. The highest BCUT2D eigenvalue weighted by Crippen LogP contribution is 2.13. The van der Waals surface area contributed by atoms with Crippen molar-refractivity contribution in [2.45, 2.75) is 13.5 Å². The molecule has 0 atom stereocenters. The summed E-state index contributed by atoms with van der Waals surface area (Å²) in [6.07, 6.45) is 3.01. The van der Waals surface area contributed by atoms with Crippen molar-refractivity contribution < 1.29 is 9.59 Å². The summed E-state index contributed by atoms with van der Waals surface area (Å²) in [4.78, 5) is 34.1. The molecule has 0 saturated heterocycles. The van der Waals surface area contributed by atoms with Crippen LogP contribution in [0.3, 0.4) is 0 Å². The van der Waals surface area contributed by atoms with Gasteiger partial charge in [-0.3, -0.25) is 9.59 Å². The fourth-order valence-corrected chi connectivity index (χ4v) is 2.56. The molecule has 0 aliphatic heterocycles. The Balaban J connectivity index is 1.63. The number of benzene rings is 2. The summed E-state index contributed by atoms with van der Waals surface area (Å²) in [7, 11) is 1.90. The van der Waals surface area contributed by atoms with Gasteiger partial charge in [-0.25, -0.2) is 9.97 Å². The van der Waals surface area contributed by atoms with Crippen LogP contribution in [0.5, 0.6) is 0 Å². The van der Waals surface area contributed by atoms with Gasteiger partial charge < -0.3 is 10.2 Å². The van der Waals surface area contributed by atoms with Crippen LogP contribution in [0.4, 0.5) is 11.6 Å². The number of hydrogen-bond acceptors (Lipinski definition) is 5. The lowest BCUT2D eigenvalue weighted by Gasteiger charge is -2.17. The predicted molar refractivity (Wildman–Crippen MR) is 105 cm³/mol. The lowest BCUT2D eigenvalue weighted by atomic mass is 10.1. The minimum absolute atomic E-state index is 0.0171. The van der Waals surface area contributed by atoms with Crippen molar-refractivity contribution in [2.24, 2.45) is 0 Å². The van der Waals surface area contributed by atoms with Crippen LogP contribution >= 0.6 is 0 Å². The van der Waals surface area contributed by atoms with E-state index >= 15 is 0 Å². The fraction of sp³-hybridized carbons (Fsp3) is 0.143. The average molecular weight is 360 g/mol. The Labute approximate surface area is 157 Å². The maximum absolute atomic E-state index is 12.3. The number of hydrogen-bond donors (Lipinski definition) is 1. The molecule has 0 unspecified atom stereocenters. The van der Waals surface area contributed by atoms with Crippen LogP contribution in [0.1, 0.15) is 33.2 Å². The normalized spacial score (nSPS) is 10.3. The van der Waals surface area contributed by atoms with Crippen LogP contribution in [0.25, 0.3) is 0 Å². The first kappa shape index (κ1) is 18.3. The van der Waals surface area contributed by atoms with E-state index in [2.05, 4.69) is 15.3 Å². The molecule has 1 heterocycles. The van der Waals surface area contributed by atoms with E-state index in [1.54, 1.807) is 24.3 Å². The zero-order valence-corrected chi connectivity index (χ0v) is 15.2. The van der Waals surface area contributed by atoms with Crippen LogP contribution in [0.15, 0.2) is 67.0 Å². The van der Waals surface area contributed by atoms with Gasteiger partial charge in [-0.1, -0.05) is 30.3 Å². The van der Waals surface area contributed by atoms with E-state index < -0.39 is 0 Å². The second-order valence-corrected chi connectivity index (χ2v) is 6.20. The Bertz CT molecular complexity index is 923. The van der Waals surface area contributed by atoms with Gasteiger partial charge in [0.25, 0.3) is 5.91 Å². The van der Waals surface area contributed by atoms with Crippen molar-refractivity contribution in [3.05, 3.63) is 83.7 Å². The predicted octanol–water partition coefficient (Wildman–Crippen LogP) is 3.57. The number of anilines is 2. The number of nitrogens with zero attached hydrogens (tertiary/aromatic N) is 3. The highest BCUT2D eigenvalue weighted by molar-refractivity contribution is 6.04. The van der Waals surface area contributed by atoms with Crippen molar-refractivity contribution in [3.63, 3.8) is 0 Å². The van der Waals surface area contributed by atoms with Crippen LogP contribution in [0.2, 0.25) is 0 Å². The lowest BCUT2D eigenvalue weighted by molar-refractivity contribution is 0.101. The number of rotatable bonds is 6. The number of amides is 1. The summed E-state index contributed by atoms with van der Waals surface area (Å²) in [6.45, 7) is 2.18. The van der Waals surface area contributed by atoms with Gasteiger partial charge in [0.2, 0.25) is 5.95 Å². The second kappa shape index (κ2) is 8.23. The van der Waals surface area contributed by atoms with E-state index in [9.17, 15) is 9.59 Å². The van der Waals surface area contributed by atoms with Gasteiger partial charge in [0, 0.05) is 37.2 Å². The van der Waals surface area contributed by atoms with Gasteiger partial charge in [0.05, 0.1) is 5.56 Å². The largest absolute Gasteiger partial charge is 0.340 e. The first-order chi connectivity index (χ1) is 13.0. The molecular formula is C21H20N4O2. The Kier molecular flexibility index (Phi) is 5.56. The summed E-state index contributed by atoms with van der Waals surface area (Å²) < 4.78 is 0. The van der Waals surface area contributed by atoms with E-state index in [-0.39, 0.29) is 11.7 Å². The molecule has 0 aliphatic rings. The van der Waals surface area contributed by atoms with E-state index in [0.29, 0.717) is 29.3 Å². The van der Waals surface area contributed by atoms with E-state index in [1.165, 1.54) is 19.3 Å². The molecule has 1 aromatic heterocycles. The first-order valence-corrected chi connectivity index (χ1v) is 8.52. The van der Waals surface area contributed by atoms with Crippen molar-refractivity contribution in [3.8, 4) is 0 Å². The Morgan fingerprint density at radius 3 is 2.15 bits per heavy atom. The van der Waals surface area contributed by atoms with Crippen molar-refractivity contribution in [2.75, 3.05) is 17.3 Å². The monoisotopic (exact) mass is 360 g/mol. The molecule has 3 rings (SSSR count). The smallest absolute Gasteiger partial charge is 0.258 e. The summed E-state index contributed by atoms with van der Waals surface area (Å²) in [6, 6.07) is 16.8. The molecule has 0 spiro atoms. The quantitative estimate of drug-likeness (QED) is 0.680. The molecule has 136 valence electrons. The van der Waals surface area contributed by atoms with Crippen LogP contribution in [0, 0.1) is 0 Å². The maximum Gasteiger partial charge on any atom is 0.258 e. The number of nitrogens with one attached hydrogen (secondary N) is 1. The number of carbonyl (C=O) groups is 2. The molecule has 3 aromatic rings. The molecule has 0 aliphatic carbocycles. The number of aromatic nitrogens is 2. The topological polar surface area (TPSA) is 75.2 Å². The second-order valence-electron chi connectivity index (χ2n) is 6.20. The van der Waals surface area contributed by atoms with Gasteiger partial charge in [0.1, 0.15) is 0 Å². The SMILES string of the molecule is CC(=O)c1ccc(NC(=O)c2cnc(N(C)Cc3ccccc3)nc2)cc1. The number of ketones is 1. The highest BCUT2D eigenvalue weighted by Gasteiger charge is 2.10. The Morgan fingerprint density at radius 2 is 1.56 bits per heavy atom. The molecule has 0 saturated carbocycles. The van der Waals surface area contributed by atoms with Gasteiger partial charge in [0.15, 0.2) is 5.78 Å². The molecule has 27 heavy (non-hydrogen) atoms. The third-order valence-electron chi connectivity index (χ3n) is 4.05. The molecule has 2 aromatic carbocycles. The van der Waals surface area contributed by atoms with Gasteiger partial charge in [-0.15, -0.1) is 0 Å². The summed E-state index contributed by atoms with van der Waals surface area (Å²) in [5.74, 6) is 0.223. The molecule has 1 N–H and O–H groups in total. The van der Waals surface area contributed by atoms with E-state index in [4.69, 9.17) is 0 Å². The Morgan fingerprint density at radius 1 is 0.926 bits per heavy atom. The van der Waals surface area contributed by atoms with Gasteiger partial charge >= 0.3 is 0 Å². The molecule has 0 bridgehead atoms. The standard InChI is InChI=1S/C21H20N4O2/c1-15(26)17-8-10-19(11-9-17)24-20(27)18-12-22-21(23-13-18)25(2)14-16-6-4-3-5-7-16/h3-13H,14H2,1-2H3,(H,24,27). The highest BCUT2D eigenvalue weighted by atomic mass is 16.1. The average Bonchev–Trinajstić information content (AvgIpc) is 2.69. The molecule has 1 amide bonds. The van der Waals surface area contributed by atoms with Crippen molar-refractivity contribution in [1.29, 1.82) is 0 Å².